The zero-order valence-electron chi connectivity index (χ0n) is 16.6. The molecule has 1 N–H and O–H groups in total. The van der Waals surface area contributed by atoms with E-state index in [0.717, 1.165) is 16.7 Å². The molecule has 154 valence electrons. The first-order valence-electron chi connectivity index (χ1n) is 9.25. The predicted octanol–water partition coefficient (Wildman–Crippen LogP) is 6.54. The Bertz CT molecular complexity index is 1040. The lowest BCUT2D eigenvalue weighted by molar-refractivity contribution is -0.111. The number of hydrogen-bond acceptors (Lipinski definition) is 3. The van der Waals surface area contributed by atoms with E-state index in [2.05, 4.69) is 5.32 Å². The number of para-hydroxylation sites is 1. The van der Waals surface area contributed by atoms with E-state index >= 15 is 0 Å². The van der Waals surface area contributed by atoms with E-state index in [1.165, 1.54) is 6.08 Å². The Morgan fingerprint density at radius 1 is 1.03 bits per heavy atom. The highest BCUT2D eigenvalue weighted by Crippen LogP contribution is 2.30. The first kappa shape index (κ1) is 21.8. The van der Waals surface area contributed by atoms with Crippen LogP contribution in [0.2, 0.25) is 10.0 Å². The van der Waals surface area contributed by atoms with Crippen LogP contribution in [-0.2, 0) is 11.4 Å². The van der Waals surface area contributed by atoms with Gasteiger partial charge in [-0.15, -0.1) is 0 Å². The third-order valence-electron chi connectivity index (χ3n) is 4.39. The van der Waals surface area contributed by atoms with Crippen molar-refractivity contribution in [2.24, 2.45) is 0 Å². The summed E-state index contributed by atoms with van der Waals surface area (Å²) < 4.78 is 11.3. The second-order valence-corrected chi connectivity index (χ2v) is 7.42. The van der Waals surface area contributed by atoms with E-state index in [1.807, 2.05) is 61.5 Å². The van der Waals surface area contributed by atoms with Gasteiger partial charge in [0.15, 0.2) is 11.5 Å². The predicted molar refractivity (Wildman–Crippen MR) is 123 cm³/mol. The summed E-state index contributed by atoms with van der Waals surface area (Å²) in [5.74, 6) is 0.919. The average molecular weight is 442 g/mol. The van der Waals surface area contributed by atoms with Gasteiger partial charge >= 0.3 is 0 Å². The summed E-state index contributed by atoms with van der Waals surface area (Å²) in [5.41, 5.74) is 3.30. The van der Waals surface area contributed by atoms with Gasteiger partial charge in [0, 0.05) is 11.1 Å². The highest BCUT2D eigenvalue weighted by Gasteiger charge is 2.08. The number of carbonyl (C=O) groups is 1. The highest BCUT2D eigenvalue weighted by atomic mass is 35.5. The molecule has 0 aliphatic carbocycles. The normalized spacial score (nSPS) is 10.8. The molecule has 6 heteroatoms. The van der Waals surface area contributed by atoms with Crippen molar-refractivity contribution in [1.82, 2.24) is 0 Å². The molecule has 0 aromatic heterocycles. The van der Waals surface area contributed by atoms with Crippen LogP contribution in [0.5, 0.6) is 11.5 Å². The second kappa shape index (κ2) is 10.2. The fourth-order valence-corrected chi connectivity index (χ4v) is 3.17. The van der Waals surface area contributed by atoms with Gasteiger partial charge in [0.1, 0.15) is 6.61 Å². The lowest BCUT2D eigenvalue weighted by atomic mass is 10.1. The molecule has 0 aliphatic rings. The van der Waals surface area contributed by atoms with Gasteiger partial charge in [-0.25, -0.2) is 0 Å². The van der Waals surface area contributed by atoms with Crippen LogP contribution in [0.4, 0.5) is 5.69 Å². The molecule has 0 unspecified atom stereocenters. The number of halogens is 2. The Kier molecular flexibility index (Phi) is 7.39. The Morgan fingerprint density at radius 3 is 2.50 bits per heavy atom. The van der Waals surface area contributed by atoms with E-state index in [0.29, 0.717) is 33.8 Å². The lowest BCUT2D eigenvalue weighted by Crippen LogP contribution is -2.09. The Morgan fingerprint density at radius 2 is 1.80 bits per heavy atom. The van der Waals surface area contributed by atoms with Crippen LogP contribution in [0.3, 0.4) is 0 Å². The molecule has 0 spiro atoms. The summed E-state index contributed by atoms with van der Waals surface area (Å²) in [4.78, 5) is 12.3. The zero-order valence-corrected chi connectivity index (χ0v) is 18.1. The molecule has 3 aromatic carbocycles. The largest absolute Gasteiger partial charge is 0.493 e. The molecule has 3 rings (SSSR count). The number of rotatable bonds is 7. The SMILES string of the molecule is COc1cc(/C=C/C(=O)Nc2c(C)cccc2Cl)ccc1OCc1ccc(Cl)cc1. The standard InChI is InChI=1S/C24H21Cl2NO3/c1-16-4-3-5-20(26)24(16)27-23(28)13-9-17-8-12-21(22(14-17)29-2)30-15-18-6-10-19(25)11-7-18/h3-14H,15H2,1-2H3,(H,27,28)/b13-9+. The van der Waals surface area contributed by atoms with Crippen molar-refractivity contribution in [2.45, 2.75) is 13.5 Å². The van der Waals surface area contributed by atoms with Crippen LogP contribution in [-0.4, -0.2) is 13.0 Å². The van der Waals surface area contributed by atoms with Crippen molar-refractivity contribution in [3.63, 3.8) is 0 Å². The summed E-state index contributed by atoms with van der Waals surface area (Å²) in [6.45, 7) is 2.28. The minimum atomic E-state index is -0.270. The lowest BCUT2D eigenvalue weighted by Gasteiger charge is -2.11. The summed E-state index contributed by atoms with van der Waals surface area (Å²) in [6, 6.07) is 18.4. The topological polar surface area (TPSA) is 47.6 Å². The number of hydrogen-bond donors (Lipinski definition) is 1. The summed E-state index contributed by atoms with van der Waals surface area (Å²) in [7, 11) is 1.57. The first-order valence-corrected chi connectivity index (χ1v) is 10.0. The van der Waals surface area contributed by atoms with Gasteiger partial charge in [-0.05, 0) is 60.0 Å². The van der Waals surface area contributed by atoms with Crippen LogP contribution in [0.15, 0.2) is 66.7 Å². The van der Waals surface area contributed by atoms with Crippen LogP contribution in [0, 0.1) is 6.92 Å². The Hall–Kier alpha value is -2.95. The minimum Gasteiger partial charge on any atom is -0.493 e. The van der Waals surface area contributed by atoms with Crippen molar-refractivity contribution in [1.29, 1.82) is 0 Å². The maximum Gasteiger partial charge on any atom is 0.248 e. The van der Waals surface area contributed by atoms with E-state index in [4.69, 9.17) is 32.7 Å². The van der Waals surface area contributed by atoms with Gasteiger partial charge in [-0.3, -0.25) is 4.79 Å². The number of ether oxygens (including phenoxy) is 2. The van der Waals surface area contributed by atoms with Crippen LogP contribution in [0.25, 0.3) is 6.08 Å². The molecule has 0 saturated heterocycles. The zero-order chi connectivity index (χ0) is 21.5. The third kappa shape index (κ3) is 5.78. The van der Waals surface area contributed by atoms with E-state index in [9.17, 15) is 4.79 Å². The number of aryl methyl sites for hydroxylation is 1. The first-order chi connectivity index (χ1) is 14.5. The number of anilines is 1. The van der Waals surface area contributed by atoms with E-state index in [-0.39, 0.29) is 5.91 Å². The Balaban J connectivity index is 1.66. The quantitative estimate of drug-likeness (QED) is 0.423. The van der Waals surface area contributed by atoms with Gasteiger partial charge in [0.05, 0.1) is 17.8 Å². The van der Waals surface area contributed by atoms with E-state index < -0.39 is 0 Å². The number of nitrogens with one attached hydrogen (secondary N) is 1. The minimum absolute atomic E-state index is 0.270. The molecule has 1 amide bonds. The van der Waals surface area contributed by atoms with Gasteiger partial charge in [0.2, 0.25) is 5.91 Å². The maximum absolute atomic E-state index is 12.3. The number of carbonyl (C=O) groups excluding carboxylic acids is 1. The fourth-order valence-electron chi connectivity index (χ4n) is 2.78. The molecular weight excluding hydrogens is 421 g/mol. The molecule has 0 aliphatic heterocycles. The summed E-state index contributed by atoms with van der Waals surface area (Å²) in [6.07, 6.45) is 3.15. The molecule has 0 radical (unpaired) electrons. The molecule has 0 atom stereocenters. The number of benzene rings is 3. The van der Waals surface area contributed by atoms with Gasteiger partial charge in [-0.2, -0.15) is 0 Å². The number of amides is 1. The van der Waals surface area contributed by atoms with Crippen LogP contribution >= 0.6 is 23.2 Å². The maximum atomic E-state index is 12.3. The van der Waals surface area contributed by atoms with Gasteiger partial charge in [-0.1, -0.05) is 53.5 Å². The van der Waals surface area contributed by atoms with Gasteiger partial charge < -0.3 is 14.8 Å². The van der Waals surface area contributed by atoms with Crippen molar-refractivity contribution >= 4 is 40.9 Å². The Labute approximate surface area is 186 Å². The summed E-state index contributed by atoms with van der Waals surface area (Å²) in [5, 5.41) is 3.99. The average Bonchev–Trinajstić information content (AvgIpc) is 2.75. The van der Waals surface area contributed by atoms with Crippen LogP contribution in [0.1, 0.15) is 16.7 Å². The second-order valence-electron chi connectivity index (χ2n) is 6.58. The molecule has 0 bridgehead atoms. The third-order valence-corrected chi connectivity index (χ3v) is 4.96. The molecule has 3 aromatic rings. The fraction of sp³-hybridized carbons (Fsp3) is 0.125. The molecule has 0 fully saturated rings. The smallest absolute Gasteiger partial charge is 0.248 e. The highest BCUT2D eigenvalue weighted by molar-refractivity contribution is 6.34. The monoisotopic (exact) mass is 441 g/mol. The number of methoxy groups -OCH3 is 1. The molecule has 0 saturated carbocycles. The van der Waals surface area contributed by atoms with Crippen molar-refractivity contribution in [3.8, 4) is 11.5 Å². The van der Waals surface area contributed by atoms with Gasteiger partial charge in [0.25, 0.3) is 0 Å². The molecule has 30 heavy (non-hydrogen) atoms. The van der Waals surface area contributed by atoms with E-state index in [1.54, 1.807) is 19.3 Å². The van der Waals surface area contributed by atoms with Crippen LogP contribution < -0.4 is 14.8 Å². The molecular formula is C24H21Cl2NO3. The van der Waals surface area contributed by atoms with Crippen molar-refractivity contribution < 1.29 is 14.3 Å². The summed E-state index contributed by atoms with van der Waals surface area (Å²) >= 11 is 12.1. The van der Waals surface area contributed by atoms with Crippen molar-refractivity contribution in [3.05, 3.63) is 93.5 Å². The van der Waals surface area contributed by atoms with Crippen molar-refractivity contribution in [2.75, 3.05) is 12.4 Å². The molecule has 4 nitrogen and oxygen atoms in total. The molecule has 0 heterocycles.